The van der Waals surface area contributed by atoms with E-state index in [2.05, 4.69) is 72.0 Å². The molecule has 2 aliphatic carbocycles. The minimum Gasteiger partial charge on any atom is -0.443 e. The Bertz CT molecular complexity index is 799. The quantitative estimate of drug-likeness (QED) is 0.514. The zero-order chi connectivity index (χ0) is 23.6. The van der Waals surface area contributed by atoms with E-state index in [0.717, 1.165) is 0 Å². The summed E-state index contributed by atoms with van der Waals surface area (Å²) in [6.45, 7) is 21.3. The fourth-order valence-corrected chi connectivity index (χ4v) is 6.36. The molecule has 3 rings (SSSR count). The average Bonchev–Trinajstić information content (AvgIpc) is 3.02. The highest BCUT2D eigenvalue weighted by Gasteiger charge is 2.66. The van der Waals surface area contributed by atoms with Crippen LogP contribution in [0.1, 0.15) is 55.4 Å². The molecular weight excluding hydrogens is 406 g/mol. The summed E-state index contributed by atoms with van der Waals surface area (Å²) in [5, 5.41) is 0.0523. The maximum Gasteiger partial charge on any atom is 0.417 e. The molecule has 0 radical (unpaired) electrons. The monoisotopic (exact) mass is 447 g/mol. The van der Waals surface area contributed by atoms with E-state index >= 15 is 0 Å². The fourth-order valence-electron chi connectivity index (χ4n) is 5.34. The van der Waals surface area contributed by atoms with Crippen molar-refractivity contribution in [3.63, 3.8) is 0 Å². The molecule has 0 spiro atoms. The van der Waals surface area contributed by atoms with E-state index in [9.17, 15) is 9.59 Å². The van der Waals surface area contributed by atoms with Crippen LogP contribution in [0.15, 0.2) is 24.3 Å². The van der Waals surface area contributed by atoms with E-state index < -0.39 is 20.0 Å². The Morgan fingerprint density at radius 2 is 1.68 bits per heavy atom. The Morgan fingerprint density at radius 1 is 1.10 bits per heavy atom. The number of hydrogen-bond donors (Lipinski definition) is 0. The molecule has 31 heavy (non-hydrogen) atoms. The molecule has 3 unspecified atom stereocenters. The van der Waals surface area contributed by atoms with Crippen molar-refractivity contribution in [3.8, 4) is 0 Å². The van der Waals surface area contributed by atoms with Crippen LogP contribution < -0.4 is 0 Å². The maximum absolute atomic E-state index is 13.7. The van der Waals surface area contributed by atoms with Crippen LogP contribution in [0.2, 0.25) is 18.1 Å². The third-order valence-corrected chi connectivity index (χ3v) is 12.5. The van der Waals surface area contributed by atoms with Gasteiger partial charge >= 0.3 is 6.09 Å². The van der Waals surface area contributed by atoms with Crippen LogP contribution in [0.4, 0.5) is 4.79 Å². The van der Waals surface area contributed by atoms with Gasteiger partial charge < -0.3 is 9.16 Å². The van der Waals surface area contributed by atoms with E-state index in [4.69, 9.17) is 9.16 Å². The first-order valence-electron chi connectivity index (χ1n) is 11.5. The van der Waals surface area contributed by atoms with Crippen molar-refractivity contribution < 1.29 is 18.8 Å². The molecule has 1 heterocycles. The minimum absolute atomic E-state index is 0.0333. The van der Waals surface area contributed by atoms with E-state index in [0.29, 0.717) is 6.61 Å². The summed E-state index contributed by atoms with van der Waals surface area (Å²) in [7, 11) is -2.05. The number of fused-ring (bicyclic) bond motifs is 3. The van der Waals surface area contributed by atoms with Crippen molar-refractivity contribution in [2.75, 3.05) is 6.61 Å². The zero-order valence-electron chi connectivity index (χ0n) is 21.0. The third-order valence-electron chi connectivity index (χ3n) is 7.96. The highest BCUT2D eigenvalue weighted by Crippen LogP contribution is 2.61. The predicted molar refractivity (Wildman–Crippen MR) is 126 cm³/mol. The number of hydrogen-bond acceptors (Lipinski definition) is 4. The molecule has 1 saturated carbocycles. The highest BCUT2D eigenvalue weighted by atomic mass is 28.4. The number of allylic oxidation sites excluding steroid dienone is 4. The topological polar surface area (TPSA) is 55.8 Å². The van der Waals surface area contributed by atoms with Crippen molar-refractivity contribution in [3.05, 3.63) is 24.3 Å². The number of nitrogens with zero attached hydrogens (tertiary/aromatic N) is 1. The number of amides is 2. The second-order valence-corrected chi connectivity index (χ2v) is 17.4. The van der Waals surface area contributed by atoms with Crippen LogP contribution in [0.25, 0.3) is 0 Å². The lowest BCUT2D eigenvalue weighted by Crippen LogP contribution is -2.50. The maximum atomic E-state index is 13.7. The molecule has 6 heteroatoms. The van der Waals surface area contributed by atoms with Gasteiger partial charge in [-0.25, -0.2) is 9.69 Å². The van der Waals surface area contributed by atoms with Gasteiger partial charge in [0.25, 0.3) is 0 Å². The number of imide groups is 1. The summed E-state index contributed by atoms with van der Waals surface area (Å²) >= 11 is 0. The molecular formula is C25H41NO4Si. The van der Waals surface area contributed by atoms with Gasteiger partial charge in [0.05, 0.1) is 12.6 Å². The standard InChI is InChI=1S/C25H41NO4Si/c1-23(2,3)30-22(28)26-18(15-29-31(9,10)24(4,5)6)19-16-13-11-12-14-17(16)25(7,8)20(19)21(26)27/h11-14,16-20H,15H2,1-10H3/t16-,17?,18+,19?,20?/m0/s1. The van der Waals surface area contributed by atoms with Gasteiger partial charge in [-0.2, -0.15) is 0 Å². The molecule has 1 saturated heterocycles. The van der Waals surface area contributed by atoms with E-state index in [-0.39, 0.29) is 46.1 Å². The molecule has 0 aromatic rings. The lowest BCUT2D eigenvalue weighted by molar-refractivity contribution is -0.134. The summed E-state index contributed by atoms with van der Waals surface area (Å²) in [5.41, 5.74) is -0.898. The Morgan fingerprint density at radius 3 is 2.23 bits per heavy atom. The second-order valence-electron chi connectivity index (χ2n) is 12.6. The van der Waals surface area contributed by atoms with Gasteiger partial charge in [-0.05, 0) is 56.2 Å². The van der Waals surface area contributed by atoms with E-state index in [1.165, 1.54) is 4.90 Å². The van der Waals surface area contributed by atoms with Crippen LogP contribution in [0.5, 0.6) is 0 Å². The van der Waals surface area contributed by atoms with Gasteiger partial charge in [0.15, 0.2) is 8.32 Å². The Labute approximate surface area is 189 Å². The smallest absolute Gasteiger partial charge is 0.417 e. The van der Waals surface area contributed by atoms with Crippen molar-refractivity contribution in [2.45, 2.75) is 85.2 Å². The van der Waals surface area contributed by atoms with E-state index in [1.54, 1.807) is 0 Å². The summed E-state index contributed by atoms with van der Waals surface area (Å²) in [4.78, 5) is 28.4. The Balaban J connectivity index is 1.99. The summed E-state index contributed by atoms with van der Waals surface area (Å²) in [6, 6.07) is -0.313. The normalized spacial score (nSPS) is 32.3. The molecule has 0 aromatic heterocycles. The van der Waals surface area contributed by atoms with Crippen molar-refractivity contribution in [1.82, 2.24) is 4.90 Å². The number of rotatable bonds is 3. The van der Waals surface area contributed by atoms with Gasteiger partial charge in [0.2, 0.25) is 5.91 Å². The molecule has 174 valence electrons. The SMILES string of the molecule is CC(C)(C)OC(=O)N1C(=O)C2C([C@H]3C=CC=CC3C2(C)C)[C@H]1CO[Si](C)(C)C(C)(C)C. The van der Waals surface area contributed by atoms with Crippen LogP contribution in [-0.2, 0) is 14.0 Å². The van der Waals surface area contributed by atoms with Crippen LogP contribution in [0.3, 0.4) is 0 Å². The van der Waals surface area contributed by atoms with Crippen LogP contribution >= 0.6 is 0 Å². The number of ether oxygens (including phenoxy) is 1. The molecule has 5 nitrogen and oxygen atoms in total. The molecule has 0 aromatic carbocycles. The van der Waals surface area contributed by atoms with Gasteiger partial charge in [-0.15, -0.1) is 0 Å². The zero-order valence-corrected chi connectivity index (χ0v) is 22.0. The molecule has 2 fully saturated rings. The summed E-state index contributed by atoms with van der Waals surface area (Å²) in [6.07, 6.45) is 8.08. The highest BCUT2D eigenvalue weighted by molar-refractivity contribution is 6.74. The van der Waals surface area contributed by atoms with Gasteiger partial charge in [-0.1, -0.05) is 58.9 Å². The Hall–Kier alpha value is -1.40. The average molecular weight is 448 g/mol. The first-order chi connectivity index (χ1) is 14.0. The molecule has 5 atom stereocenters. The first kappa shape index (κ1) is 24.2. The van der Waals surface area contributed by atoms with E-state index in [1.807, 2.05) is 20.8 Å². The lowest BCUT2D eigenvalue weighted by atomic mass is 9.73. The predicted octanol–water partition coefficient (Wildman–Crippen LogP) is 5.78. The Kier molecular flexibility index (Phi) is 5.93. The third kappa shape index (κ3) is 4.18. The number of likely N-dealkylation sites (tertiary alicyclic amines) is 1. The molecule has 0 bridgehead atoms. The number of carbonyl (C=O) groups excluding carboxylic acids is 2. The molecule has 3 aliphatic rings. The van der Waals surface area contributed by atoms with Crippen molar-refractivity contribution >= 4 is 20.3 Å². The fraction of sp³-hybridized carbons (Fsp3) is 0.760. The molecule has 2 amide bonds. The van der Waals surface area contributed by atoms with Gasteiger partial charge in [0, 0.05) is 11.8 Å². The molecule has 0 N–H and O–H groups in total. The van der Waals surface area contributed by atoms with Crippen molar-refractivity contribution in [1.29, 1.82) is 0 Å². The minimum atomic E-state index is -2.05. The van der Waals surface area contributed by atoms with Crippen LogP contribution in [0, 0.1) is 29.1 Å². The number of carbonyl (C=O) groups is 2. The molecule has 1 aliphatic heterocycles. The first-order valence-corrected chi connectivity index (χ1v) is 14.4. The second kappa shape index (κ2) is 7.58. The van der Waals surface area contributed by atoms with Gasteiger partial charge in [0.1, 0.15) is 5.60 Å². The van der Waals surface area contributed by atoms with Crippen molar-refractivity contribution in [2.24, 2.45) is 29.1 Å². The van der Waals surface area contributed by atoms with Gasteiger partial charge in [-0.3, -0.25) is 4.79 Å². The lowest BCUT2D eigenvalue weighted by Gasteiger charge is -2.39. The summed E-state index contributed by atoms with van der Waals surface area (Å²) < 4.78 is 12.3. The van der Waals surface area contributed by atoms with Crippen LogP contribution in [-0.4, -0.2) is 43.5 Å². The largest absolute Gasteiger partial charge is 0.443 e. The summed E-state index contributed by atoms with van der Waals surface area (Å²) in [5.74, 6) is 0.202.